The molecule has 0 radical (unpaired) electrons. The highest BCUT2D eigenvalue weighted by atomic mass is 35.5. The number of ether oxygens (including phenoxy) is 1. The zero-order valence-corrected chi connectivity index (χ0v) is 14.8. The molecule has 1 heterocycles. The van der Waals surface area contributed by atoms with E-state index in [-0.39, 0.29) is 5.84 Å². The fourth-order valence-electron chi connectivity index (χ4n) is 1.83. The lowest BCUT2D eigenvalue weighted by atomic mass is 10.1. The van der Waals surface area contributed by atoms with Crippen LogP contribution in [-0.4, -0.2) is 28.7 Å². The van der Waals surface area contributed by atoms with Crippen LogP contribution in [0.1, 0.15) is 19.4 Å². The number of halogens is 2. The molecule has 2 aromatic rings. The van der Waals surface area contributed by atoms with Crippen LogP contribution in [0.5, 0.6) is 5.75 Å². The number of benzene rings is 1. The maximum atomic E-state index is 12.3. The maximum Gasteiger partial charge on any atom is 0.361 e. The minimum Gasteiger partial charge on any atom is -0.496 e. The zero-order chi connectivity index (χ0) is 17.9. The highest BCUT2D eigenvalue weighted by molar-refractivity contribution is 6.31. The number of amidine groups is 1. The zero-order valence-electron chi connectivity index (χ0n) is 13.3. The summed E-state index contributed by atoms with van der Waals surface area (Å²) in [7, 11) is 1.48. The fourth-order valence-corrected chi connectivity index (χ4v) is 2.14. The molecule has 2 rings (SSSR count). The molecule has 128 valence electrons. The molecule has 0 aliphatic rings. The minimum absolute atomic E-state index is 0.0444. The highest BCUT2D eigenvalue weighted by Crippen LogP contribution is 2.23. The lowest BCUT2D eigenvalue weighted by molar-refractivity contribution is -0.153. The van der Waals surface area contributed by atoms with E-state index < -0.39 is 11.5 Å². The van der Waals surface area contributed by atoms with Crippen molar-refractivity contribution in [3.05, 3.63) is 46.2 Å². The van der Waals surface area contributed by atoms with Crippen molar-refractivity contribution in [2.45, 2.75) is 19.4 Å². The van der Waals surface area contributed by atoms with E-state index in [2.05, 4.69) is 10.3 Å². The Kier molecular flexibility index (Phi) is 5.36. The van der Waals surface area contributed by atoms with Crippen molar-refractivity contribution in [3.8, 4) is 5.75 Å². The van der Waals surface area contributed by atoms with Gasteiger partial charge in [-0.3, -0.25) is 4.68 Å². The van der Waals surface area contributed by atoms with Crippen LogP contribution in [0.4, 0.5) is 0 Å². The highest BCUT2D eigenvalue weighted by Gasteiger charge is 2.33. The van der Waals surface area contributed by atoms with E-state index in [0.29, 0.717) is 21.4 Å². The third kappa shape index (κ3) is 3.80. The van der Waals surface area contributed by atoms with Gasteiger partial charge < -0.3 is 15.3 Å². The van der Waals surface area contributed by atoms with E-state index in [1.165, 1.54) is 24.2 Å². The van der Waals surface area contributed by atoms with Gasteiger partial charge in [-0.2, -0.15) is 5.10 Å². The van der Waals surface area contributed by atoms with Gasteiger partial charge in [0.2, 0.25) is 0 Å². The molecule has 0 unspecified atom stereocenters. The van der Waals surface area contributed by atoms with Gasteiger partial charge >= 0.3 is 5.97 Å². The fraction of sp³-hybridized carbons (Fsp3) is 0.267. The first-order valence-corrected chi connectivity index (χ1v) is 7.60. The predicted molar refractivity (Wildman–Crippen MR) is 91.4 cm³/mol. The van der Waals surface area contributed by atoms with Crippen LogP contribution in [0, 0.1) is 0 Å². The molecule has 0 amide bonds. The smallest absolute Gasteiger partial charge is 0.361 e. The first kappa shape index (κ1) is 18.1. The van der Waals surface area contributed by atoms with Crippen molar-refractivity contribution >= 4 is 35.0 Å². The summed E-state index contributed by atoms with van der Waals surface area (Å²) in [6, 6.07) is 4.84. The Morgan fingerprint density at radius 2 is 2.04 bits per heavy atom. The standard InChI is InChI=1S/C15H16Cl2N4O3/c1-15(2,21-8-10(17)7-19-21)14(22)24-20-13(18)11-6-9(16)4-5-12(11)23-3/h4-8H,1-3H3,(H2,18,20). The summed E-state index contributed by atoms with van der Waals surface area (Å²) < 4.78 is 6.56. The van der Waals surface area contributed by atoms with Gasteiger partial charge in [-0.25, -0.2) is 4.79 Å². The molecule has 0 spiro atoms. The van der Waals surface area contributed by atoms with E-state index in [1.807, 2.05) is 0 Å². The first-order chi connectivity index (χ1) is 11.3. The Morgan fingerprint density at radius 3 is 2.62 bits per heavy atom. The molecule has 0 aliphatic carbocycles. The summed E-state index contributed by atoms with van der Waals surface area (Å²) in [5.41, 5.74) is 5.16. The van der Waals surface area contributed by atoms with Crippen LogP contribution in [0.25, 0.3) is 0 Å². The number of carbonyl (C=O) groups is 1. The number of hydrogen-bond acceptors (Lipinski definition) is 5. The Balaban J connectivity index is 2.20. The van der Waals surface area contributed by atoms with Crippen LogP contribution in [0.15, 0.2) is 35.7 Å². The van der Waals surface area contributed by atoms with Gasteiger partial charge in [0.1, 0.15) is 5.75 Å². The molecular weight excluding hydrogens is 355 g/mol. The molecule has 24 heavy (non-hydrogen) atoms. The Morgan fingerprint density at radius 1 is 1.33 bits per heavy atom. The van der Waals surface area contributed by atoms with Gasteiger partial charge in [-0.1, -0.05) is 28.4 Å². The second kappa shape index (κ2) is 7.11. The summed E-state index contributed by atoms with van der Waals surface area (Å²) >= 11 is 11.8. The molecule has 2 N–H and O–H groups in total. The van der Waals surface area contributed by atoms with Crippen LogP contribution in [-0.2, 0) is 15.2 Å². The average Bonchev–Trinajstić information content (AvgIpc) is 2.99. The lowest BCUT2D eigenvalue weighted by Gasteiger charge is -2.21. The number of aromatic nitrogens is 2. The molecule has 9 heteroatoms. The van der Waals surface area contributed by atoms with Gasteiger partial charge in [0.25, 0.3) is 0 Å². The average molecular weight is 371 g/mol. The van der Waals surface area contributed by atoms with Crippen LogP contribution < -0.4 is 10.5 Å². The van der Waals surface area contributed by atoms with Crippen molar-refractivity contribution in [3.63, 3.8) is 0 Å². The number of hydrogen-bond donors (Lipinski definition) is 1. The van der Waals surface area contributed by atoms with E-state index >= 15 is 0 Å². The second-order valence-corrected chi connectivity index (χ2v) is 6.23. The van der Waals surface area contributed by atoms with E-state index in [4.69, 9.17) is 38.5 Å². The minimum atomic E-state index is -1.12. The molecule has 0 bridgehead atoms. The van der Waals surface area contributed by atoms with Crippen molar-refractivity contribution in [1.82, 2.24) is 9.78 Å². The van der Waals surface area contributed by atoms with Gasteiger partial charge in [-0.05, 0) is 32.0 Å². The number of rotatable bonds is 5. The van der Waals surface area contributed by atoms with E-state index in [9.17, 15) is 4.79 Å². The van der Waals surface area contributed by atoms with Crippen LogP contribution >= 0.6 is 23.2 Å². The number of oxime groups is 1. The van der Waals surface area contributed by atoms with Gasteiger partial charge in [0, 0.05) is 11.2 Å². The molecule has 0 fully saturated rings. The molecule has 1 aromatic carbocycles. The van der Waals surface area contributed by atoms with Gasteiger partial charge in [0.15, 0.2) is 11.4 Å². The molecule has 1 aromatic heterocycles. The lowest BCUT2D eigenvalue weighted by Crippen LogP contribution is -2.37. The Bertz CT molecular complexity index is 787. The third-order valence-corrected chi connectivity index (χ3v) is 3.72. The summed E-state index contributed by atoms with van der Waals surface area (Å²) in [5.74, 6) is -0.252. The molecule has 0 atom stereocenters. The quantitative estimate of drug-likeness (QED) is 0.378. The molecule has 0 aliphatic heterocycles. The normalized spacial score (nSPS) is 12.1. The van der Waals surface area contributed by atoms with Gasteiger partial charge in [-0.15, -0.1) is 0 Å². The van der Waals surface area contributed by atoms with E-state index in [1.54, 1.807) is 32.0 Å². The summed E-state index contributed by atoms with van der Waals surface area (Å²) in [4.78, 5) is 17.2. The SMILES string of the molecule is COc1ccc(Cl)cc1/C(N)=N/OC(=O)C(C)(C)n1cc(Cl)cn1. The monoisotopic (exact) mass is 370 g/mol. The van der Waals surface area contributed by atoms with Crippen molar-refractivity contribution in [1.29, 1.82) is 0 Å². The largest absolute Gasteiger partial charge is 0.496 e. The first-order valence-electron chi connectivity index (χ1n) is 6.85. The maximum absolute atomic E-state index is 12.3. The summed E-state index contributed by atoms with van der Waals surface area (Å²) in [5, 5.41) is 8.53. The number of carbonyl (C=O) groups excluding carboxylic acids is 1. The number of nitrogens with zero attached hydrogens (tertiary/aromatic N) is 3. The summed E-state index contributed by atoms with van der Waals surface area (Å²) in [6.07, 6.45) is 2.93. The van der Waals surface area contributed by atoms with Crippen molar-refractivity contribution < 1.29 is 14.4 Å². The Labute approximate surface area is 148 Å². The molecule has 0 saturated carbocycles. The molecule has 0 saturated heterocycles. The van der Waals surface area contributed by atoms with Crippen LogP contribution in [0.2, 0.25) is 10.0 Å². The Hall–Kier alpha value is -2.25. The van der Waals surface area contributed by atoms with Crippen molar-refractivity contribution in [2.24, 2.45) is 10.9 Å². The van der Waals surface area contributed by atoms with Gasteiger partial charge in [0.05, 0.1) is 23.9 Å². The second-order valence-electron chi connectivity index (χ2n) is 5.36. The summed E-state index contributed by atoms with van der Waals surface area (Å²) in [6.45, 7) is 3.23. The number of nitrogens with two attached hydrogens (primary N) is 1. The third-order valence-electron chi connectivity index (χ3n) is 3.29. The topological polar surface area (TPSA) is 91.7 Å². The van der Waals surface area contributed by atoms with Crippen molar-refractivity contribution in [2.75, 3.05) is 7.11 Å². The predicted octanol–water partition coefficient (Wildman–Crippen LogP) is 2.80. The number of methoxy groups -OCH3 is 1. The van der Waals surface area contributed by atoms with E-state index in [0.717, 1.165) is 0 Å². The van der Waals surface area contributed by atoms with Crippen LogP contribution in [0.3, 0.4) is 0 Å². The molecular formula is C15H16Cl2N4O3. The molecule has 7 nitrogen and oxygen atoms in total.